The van der Waals surface area contributed by atoms with Gasteiger partial charge in [0, 0.05) is 20.1 Å². The lowest BCUT2D eigenvalue weighted by molar-refractivity contribution is -0.134. The van der Waals surface area contributed by atoms with Crippen molar-refractivity contribution in [2.45, 2.75) is 76.5 Å². The standard InChI is InChI=1S/C35H54N6O6/c1-25(2)22-30(34(44)39-29(16-10-11-17-36)33(43)38-18-19-47-21-20-46-3)41-35(45)31(24-27-14-8-5-9-15-27)40-32(42)28(37)23-26-12-6-4-7-13-26/h4-9,12-15,25,28-31H,10-11,16-24,36-37H2,1-3H3,(H,38,43)(H,39,44)(H,40,42)(H,41,45)/t28-,29-,30-,31-/m1/s1. The first-order valence-electron chi connectivity index (χ1n) is 16.4. The number of rotatable bonds is 23. The Balaban J connectivity index is 2.16. The minimum atomic E-state index is -0.990. The summed E-state index contributed by atoms with van der Waals surface area (Å²) in [6, 6.07) is 15.1. The molecule has 2 rings (SSSR count). The first-order chi connectivity index (χ1) is 22.6. The maximum atomic E-state index is 13.8. The van der Waals surface area contributed by atoms with Crippen molar-refractivity contribution in [2.75, 3.05) is 40.0 Å². The Kier molecular flexibility index (Phi) is 19.0. The van der Waals surface area contributed by atoms with Crippen LogP contribution in [-0.4, -0.2) is 87.8 Å². The molecule has 0 aliphatic carbocycles. The highest BCUT2D eigenvalue weighted by Gasteiger charge is 2.31. The van der Waals surface area contributed by atoms with E-state index in [0.29, 0.717) is 58.5 Å². The number of hydrogen-bond acceptors (Lipinski definition) is 8. The Labute approximate surface area is 279 Å². The number of nitrogens with two attached hydrogens (primary N) is 2. The van der Waals surface area contributed by atoms with Crippen molar-refractivity contribution < 1.29 is 28.7 Å². The summed E-state index contributed by atoms with van der Waals surface area (Å²) in [4.78, 5) is 53.7. The summed E-state index contributed by atoms with van der Waals surface area (Å²) in [6.07, 6.45) is 2.53. The van der Waals surface area contributed by atoms with E-state index in [2.05, 4.69) is 21.3 Å². The van der Waals surface area contributed by atoms with Crippen LogP contribution in [0.2, 0.25) is 0 Å². The van der Waals surface area contributed by atoms with Gasteiger partial charge >= 0.3 is 0 Å². The van der Waals surface area contributed by atoms with Gasteiger partial charge in [-0.15, -0.1) is 0 Å². The molecule has 2 aromatic carbocycles. The normalized spacial score (nSPS) is 13.7. The van der Waals surface area contributed by atoms with E-state index in [1.54, 1.807) is 7.11 Å². The summed E-state index contributed by atoms with van der Waals surface area (Å²) in [5.74, 6) is -1.78. The van der Waals surface area contributed by atoms with Crippen molar-refractivity contribution in [1.29, 1.82) is 0 Å². The number of ether oxygens (including phenoxy) is 2. The van der Waals surface area contributed by atoms with Gasteiger partial charge in [-0.05, 0) is 55.7 Å². The number of carbonyl (C=O) groups excluding carboxylic acids is 4. The quantitative estimate of drug-likeness (QED) is 0.0965. The highest BCUT2D eigenvalue weighted by atomic mass is 16.5. The van der Waals surface area contributed by atoms with Crippen LogP contribution in [0.3, 0.4) is 0 Å². The molecule has 0 aliphatic rings. The predicted octanol–water partition coefficient (Wildman–Crippen LogP) is 1.21. The molecule has 0 aliphatic heterocycles. The van der Waals surface area contributed by atoms with Gasteiger partial charge in [-0.3, -0.25) is 19.2 Å². The minimum Gasteiger partial charge on any atom is -0.382 e. The summed E-state index contributed by atoms with van der Waals surface area (Å²) in [5.41, 5.74) is 13.6. The van der Waals surface area contributed by atoms with Crippen LogP contribution in [-0.2, 0) is 41.5 Å². The van der Waals surface area contributed by atoms with E-state index in [9.17, 15) is 19.2 Å². The smallest absolute Gasteiger partial charge is 0.243 e. The largest absolute Gasteiger partial charge is 0.382 e. The van der Waals surface area contributed by atoms with Crippen molar-refractivity contribution in [3.8, 4) is 0 Å². The van der Waals surface area contributed by atoms with E-state index < -0.39 is 41.9 Å². The Morgan fingerprint density at radius 1 is 0.702 bits per heavy atom. The van der Waals surface area contributed by atoms with Crippen LogP contribution in [0.1, 0.15) is 50.7 Å². The number of amides is 4. The van der Waals surface area contributed by atoms with E-state index >= 15 is 0 Å². The molecule has 0 fully saturated rings. The summed E-state index contributed by atoms with van der Waals surface area (Å²) in [6.45, 7) is 5.76. The van der Waals surface area contributed by atoms with Gasteiger partial charge in [0.1, 0.15) is 18.1 Å². The second-order valence-electron chi connectivity index (χ2n) is 12.0. The molecule has 8 N–H and O–H groups in total. The molecule has 12 nitrogen and oxygen atoms in total. The zero-order chi connectivity index (χ0) is 34.4. The molecule has 0 saturated heterocycles. The van der Waals surface area contributed by atoms with E-state index in [-0.39, 0.29) is 24.8 Å². The van der Waals surface area contributed by atoms with Gasteiger partial charge in [-0.25, -0.2) is 0 Å². The molecule has 0 bridgehead atoms. The summed E-state index contributed by atoms with van der Waals surface area (Å²) in [7, 11) is 1.58. The molecular formula is C35H54N6O6. The van der Waals surface area contributed by atoms with E-state index in [0.717, 1.165) is 11.1 Å². The van der Waals surface area contributed by atoms with Crippen LogP contribution in [0.25, 0.3) is 0 Å². The Morgan fingerprint density at radius 2 is 1.28 bits per heavy atom. The van der Waals surface area contributed by atoms with Crippen molar-refractivity contribution in [3.63, 3.8) is 0 Å². The number of benzene rings is 2. The maximum Gasteiger partial charge on any atom is 0.243 e. The number of hydrogen-bond donors (Lipinski definition) is 6. The molecule has 0 radical (unpaired) electrons. The molecule has 47 heavy (non-hydrogen) atoms. The SMILES string of the molecule is COCCOCCNC(=O)[C@@H](CCCCN)NC(=O)[C@@H](CC(C)C)NC(=O)[C@@H](Cc1ccccc1)NC(=O)[C@H](N)Cc1ccccc1. The molecule has 0 spiro atoms. The van der Waals surface area contributed by atoms with Gasteiger partial charge in [-0.1, -0.05) is 74.5 Å². The van der Waals surface area contributed by atoms with Crippen LogP contribution < -0.4 is 32.7 Å². The average Bonchev–Trinajstić information content (AvgIpc) is 3.05. The molecular weight excluding hydrogens is 600 g/mol. The first kappa shape index (κ1) is 39.3. The highest BCUT2D eigenvalue weighted by molar-refractivity contribution is 5.95. The topological polar surface area (TPSA) is 187 Å². The van der Waals surface area contributed by atoms with Crippen LogP contribution in [0.4, 0.5) is 0 Å². The second kappa shape index (κ2) is 22.6. The third-order valence-corrected chi connectivity index (χ3v) is 7.45. The lowest BCUT2D eigenvalue weighted by Gasteiger charge is -2.27. The number of methoxy groups -OCH3 is 1. The Morgan fingerprint density at radius 3 is 1.87 bits per heavy atom. The van der Waals surface area contributed by atoms with E-state index in [1.807, 2.05) is 74.5 Å². The third-order valence-electron chi connectivity index (χ3n) is 7.45. The zero-order valence-corrected chi connectivity index (χ0v) is 28.0. The number of carbonyl (C=O) groups is 4. The van der Waals surface area contributed by atoms with Crippen molar-refractivity contribution in [1.82, 2.24) is 21.3 Å². The van der Waals surface area contributed by atoms with Crippen LogP contribution in [0.5, 0.6) is 0 Å². The Hall–Kier alpha value is -3.84. The van der Waals surface area contributed by atoms with E-state index in [1.165, 1.54) is 0 Å². The fourth-order valence-corrected chi connectivity index (χ4v) is 4.92. The fraction of sp³-hybridized carbons (Fsp3) is 0.543. The van der Waals surface area contributed by atoms with Crippen LogP contribution >= 0.6 is 0 Å². The van der Waals surface area contributed by atoms with Gasteiger partial charge in [0.2, 0.25) is 23.6 Å². The fourth-order valence-electron chi connectivity index (χ4n) is 4.92. The van der Waals surface area contributed by atoms with Gasteiger partial charge < -0.3 is 42.2 Å². The molecule has 4 amide bonds. The van der Waals surface area contributed by atoms with Gasteiger partial charge in [0.15, 0.2) is 0 Å². The molecule has 0 heterocycles. The molecule has 12 heteroatoms. The summed E-state index contributed by atoms with van der Waals surface area (Å²) < 4.78 is 10.4. The maximum absolute atomic E-state index is 13.8. The highest BCUT2D eigenvalue weighted by Crippen LogP contribution is 2.10. The van der Waals surface area contributed by atoms with Crippen LogP contribution in [0.15, 0.2) is 60.7 Å². The second-order valence-corrected chi connectivity index (χ2v) is 12.0. The number of nitrogens with one attached hydrogen (secondary N) is 4. The van der Waals surface area contributed by atoms with Gasteiger partial charge in [0.05, 0.1) is 25.9 Å². The van der Waals surface area contributed by atoms with E-state index in [4.69, 9.17) is 20.9 Å². The Bertz CT molecular complexity index is 1200. The zero-order valence-electron chi connectivity index (χ0n) is 28.0. The lowest BCUT2D eigenvalue weighted by atomic mass is 9.99. The molecule has 2 aromatic rings. The monoisotopic (exact) mass is 654 g/mol. The predicted molar refractivity (Wildman–Crippen MR) is 182 cm³/mol. The first-order valence-corrected chi connectivity index (χ1v) is 16.4. The molecule has 0 aromatic heterocycles. The van der Waals surface area contributed by atoms with Crippen molar-refractivity contribution in [3.05, 3.63) is 71.8 Å². The average molecular weight is 655 g/mol. The van der Waals surface area contributed by atoms with Crippen LogP contribution in [0, 0.1) is 5.92 Å². The number of unbranched alkanes of at least 4 members (excludes halogenated alkanes) is 1. The van der Waals surface area contributed by atoms with Crippen molar-refractivity contribution in [2.24, 2.45) is 17.4 Å². The third kappa shape index (κ3) is 16.0. The molecule has 4 atom stereocenters. The summed E-state index contributed by atoms with van der Waals surface area (Å²) >= 11 is 0. The summed E-state index contributed by atoms with van der Waals surface area (Å²) in [5, 5.41) is 11.3. The van der Waals surface area contributed by atoms with Gasteiger partial charge in [0.25, 0.3) is 0 Å². The lowest BCUT2D eigenvalue weighted by Crippen LogP contribution is -2.58. The van der Waals surface area contributed by atoms with Gasteiger partial charge in [-0.2, -0.15) is 0 Å². The van der Waals surface area contributed by atoms with Crippen molar-refractivity contribution >= 4 is 23.6 Å². The molecule has 0 unspecified atom stereocenters. The molecule has 0 saturated carbocycles. The minimum absolute atomic E-state index is 0.0428. The molecule has 260 valence electrons.